The molecule has 0 spiro atoms. The SMILES string of the molecule is O=C(Cn1nnc2ccccc21)N1CC(n2ccnn2)C1. The highest BCUT2D eigenvalue weighted by Crippen LogP contribution is 2.20. The highest BCUT2D eigenvalue weighted by molar-refractivity contribution is 5.80. The minimum atomic E-state index is 0.0435. The van der Waals surface area contributed by atoms with E-state index in [4.69, 9.17) is 0 Å². The Morgan fingerprint density at radius 1 is 1.24 bits per heavy atom. The molecule has 0 atom stereocenters. The third-order valence-electron chi connectivity index (χ3n) is 3.74. The summed E-state index contributed by atoms with van der Waals surface area (Å²) in [5, 5.41) is 15.8. The van der Waals surface area contributed by atoms with Crippen LogP contribution in [0.4, 0.5) is 0 Å². The van der Waals surface area contributed by atoms with Crippen LogP contribution in [0.25, 0.3) is 11.0 Å². The van der Waals surface area contributed by atoms with Crippen molar-refractivity contribution in [1.82, 2.24) is 34.9 Å². The number of para-hydroxylation sites is 1. The van der Waals surface area contributed by atoms with Crippen molar-refractivity contribution < 1.29 is 4.79 Å². The molecule has 0 bridgehead atoms. The second kappa shape index (κ2) is 4.65. The maximum Gasteiger partial charge on any atom is 0.244 e. The van der Waals surface area contributed by atoms with Crippen LogP contribution in [-0.4, -0.2) is 53.9 Å². The number of benzene rings is 1. The van der Waals surface area contributed by atoms with Gasteiger partial charge in [0.15, 0.2) is 0 Å². The average molecular weight is 283 g/mol. The van der Waals surface area contributed by atoms with Crippen LogP contribution in [0.3, 0.4) is 0 Å². The van der Waals surface area contributed by atoms with Gasteiger partial charge in [-0.3, -0.25) is 4.79 Å². The van der Waals surface area contributed by atoms with Crippen molar-refractivity contribution in [3.05, 3.63) is 36.7 Å². The molecule has 0 aliphatic carbocycles. The monoisotopic (exact) mass is 283 g/mol. The van der Waals surface area contributed by atoms with Crippen LogP contribution in [0.5, 0.6) is 0 Å². The number of hydrogen-bond donors (Lipinski definition) is 0. The van der Waals surface area contributed by atoms with E-state index in [0.717, 1.165) is 11.0 Å². The number of amides is 1. The van der Waals surface area contributed by atoms with Crippen molar-refractivity contribution in [2.24, 2.45) is 0 Å². The van der Waals surface area contributed by atoms with E-state index in [2.05, 4.69) is 20.6 Å². The maximum absolute atomic E-state index is 12.2. The molecule has 21 heavy (non-hydrogen) atoms. The third kappa shape index (κ3) is 2.04. The minimum absolute atomic E-state index is 0.0435. The molecule has 1 amide bonds. The fourth-order valence-corrected chi connectivity index (χ4v) is 2.50. The molecule has 8 nitrogen and oxygen atoms in total. The quantitative estimate of drug-likeness (QED) is 0.681. The zero-order valence-corrected chi connectivity index (χ0v) is 11.2. The van der Waals surface area contributed by atoms with Crippen LogP contribution in [0, 0.1) is 0 Å². The number of rotatable bonds is 3. The Morgan fingerprint density at radius 2 is 2.10 bits per heavy atom. The van der Waals surface area contributed by atoms with Gasteiger partial charge >= 0.3 is 0 Å². The number of fused-ring (bicyclic) bond motifs is 1. The predicted octanol–water partition coefficient (Wildman–Crippen LogP) is 0.106. The van der Waals surface area contributed by atoms with Crippen molar-refractivity contribution in [2.45, 2.75) is 12.6 Å². The number of aromatic nitrogens is 6. The van der Waals surface area contributed by atoms with Crippen molar-refractivity contribution in [3.63, 3.8) is 0 Å². The van der Waals surface area contributed by atoms with Crippen LogP contribution in [0.15, 0.2) is 36.7 Å². The van der Waals surface area contributed by atoms with Gasteiger partial charge < -0.3 is 4.90 Å². The molecule has 1 saturated heterocycles. The molecule has 1 aliphatic rings. The molecule has 106 valence electrons. The lowest BCUT2D eigenvalue weighted by Crippen LogP contribution is -2.51. The number of nitrogens with zero attached hydrogens (tertiary/aromatic N) is 7. The molecule has 0 unspecified atom stereocenters. The summed E-state index contributed by atoms with van der Waals surface area (Å²) in [5.41, 5.74) is 1.67. The van der Waals surface area contributed by atoms with Crippen LogP contribution in [-0.2, 0) is 11.3 Å². The lowest BCUT2D eigenvalue weighted by Gasteiger charge is -2.38. The fraction of sp³-hybridized carbons (Fsp3) is 0.308. The molecule has 3 heterocycles. The largest absolute Gasteiger partial charge is 0.337 e. The van der Waals surface area contributed by atoms with E-state index in [0.29, 0.717) is 13.1 Å². The van der Waals surface area contributed by atoms with E-state index in [-0.39, 0.29) is 18.5 Å². The molecule has 0 saturated carbocycles. The van der Waals surface area contributed by atoms with Crippen molar-refractivity contribution in [3.8, 4) is 0 Å². The Hall–Kier alpha value is -2.77. The number of carbonyl (C=O) groups is 1. The fourth-order valence-electron chi connectivity index (χ4n) is 2.50. The highest BCUT2D eigenvalue weighted by atomic mass is 16.2. The van der Waals surface area contributed by atoms with Gasteiger partial charge in [-0.25, -0.2) is 9.36 Å². The lowest BCUT2D eigenvalue weighted by atomic mass is 10.1. The molecule has 1 fully saturated rings. The Labute approximate surface area is 120 Å². The number of likely N-dealkylation sites (tertiary alicyclic amines) is 1. The summed E-state index contributed by atoms with van der Waals surface area (Å²) in [7, 11) is 0. The van der Waals surface area contributed by atoms with Gasteiger partial charge in [0, 0.05) is 19.3 Å². The normalized spacial score (nSPS) is 15.3. The second-order valence-corrected chi connectivity index (χ2v) is 5.07. The van der Waals surface area contributed by atoms with Gasteiger partial charge in [0.05, 0.1) is 17.8 Å². The number of hydrogen-bond acceptors (Lipinski definition) is 5. The minimum Gasteiger partial charge on any atom is -0.337 e. The molecule has 1 aromatic carbocycles. The second-order valence-electron chi connectivity index (χ2n) is 5.07. The molecular formula is C13H13N7O. The van der Waals surface area contributed by atoms with Gasteiger partial charge in [-0.15, -0.1) is 10.2 Å². The van der Waals surface area contributed by atoms with Crippen molar-refractivity contribution in [2.75, 3.05) is 13.1 Å². The van der Waals surface area contributed by atoms with Gasteiger partial charge in [-0.05, 0) is 12.1 Å². The van der Waals surface area contributed by atoms with Gasteiger partial charge in [0.1, 0.15) is 12.1 Å². The topological polar surface area (TPSA) is 81.7 Å². The first-order valence-electron chi connectivity index (χ1n) is 6.73. The first-order chi connectivity index (χ1) is 10.3. The van der Waals surface area contributed by atoms with Crippen LogP contribution in [0.1, 0.15) is 6.04 Å². The van der Waals surface area contributed by atoms with Gasteiger partial charge in [0.25, 0.3) is 0 Å². The molecule has 3 aromatic rings. The van der Waals surface area contributed by atoms with E-state index in [1.165, 1.54) is 0 Å². The summed E-state index contributed by atoms with van der Waals surface area (Å²) in [4.78, 5) is 14.0. The molecule has 2 aromatic heterocycles. The molecule has 8 heteroatoms. The Balaban J connectivity index is 1.43. The molecule has 0 radical (unpaired) electrons. The predicted molar refractivity (Wildman–Crippen MR) is 73.2 cm³/mol. The Bertz CT molecular complexity index is 773. The molecule has 4 rings (SSSR count). The Morgan fingerprint density at radius 3 is 2.90 bits per heavy atom. The van der Waals surface area contributed by atoms with Gasteiger partial charge in [-0.1, -0.05) is 22.6 Å². The smallest absolute Gasteiger partial charge is 0.244 e. The number of carbonyl (C=O) groups excluding carboxylic acids is 1. The third-order valence-corrected chi connectivity index (χ3v) is 3.74. The van der Waals surface area contributed by atoms with E-state index >= 15 is 0 Å². The van der Waals surface area contributed by atoms with Crippen molar-refractivity contribution in [1.29, 1.82) is 0 Å². The Kier molecular flexibility index (Phi) is 2.66. The summed E-state index contributed by atoms with van der Waals surface area (Å²) in [6.45, 7) is 1.54. The first kappa shape index (κ1) is 12.0. The standard InChI is InChI=1S/C13H13N7O/c21-13(18-7-10(8-18)19-6-5-14-16-19)9-20-12-4-2-1-3-11(12)15-17-20/h1-6,10H,7-9H2. The van der Waals surface area contributed by atoms with Crippen LogP contribution in [0.2, 0.25) is 0 Å². The molecule has 0 N–H and O–H groups in total. The summed E-state index contributed by atoms with van der Waals surface area (Å²) in [5.74, 6) is 0.0435. The zero-order chi connectivity index (χ0) is 14.2. The lowest BCUT2D eigenvalue weighted by molar-refractivity contribution is -0.138. The first-order valence-corrected chi connectivity index (χ1v) is 6.73. The highest BCUT2D eigenvalue weighted by Gasteiger charge is 2.32. The average Bonchev–Trinajstić information content (AvgIpc) is 3.08. The molecular weight excluding hydrogens is 270 g/mol. The zero-order valence-electron chi connectivity index (χ0n) is 11.2. The summed E-state index contributed by atoms with van der Waals surface area (Å²) in [6.07, 6.45) is 3.46. The van der Waals surface area contributed by atoms with E-state index in [9.17, 15) is 4.79 Å². The van der Waals surface area contributed by atoms with Crippen LogP contribution >= 0.6 is 0 Å². The van der Waals surface area contributed by atoms with Crippen molar-refractivity contribution >= 4 is 16.9 Å². The van der Waals surface area contributed by atoms with E-state index < -0.39 is 0 Å². The summed E-state index contributed by atoms with van der Waals surface area (Å²) in [6, 6.07) is 7.84. The summed E-state index contributed by atoms with van der Waals surface area (Å²) < 4.78 is 3.43. The maximum atomic E-state index is 12.2. The molecule has 1 aliphatic heterocycles. The van der Waals surface area contributed by atoms with Crippen LogP contribution < -0.4 is 0 Å². The van der Waals surface area contributed by atoms with E-state index in [1.54, 1.807) is 20.5 Å². The summed E-state index contributed by atoms with van der Waals surface area (Å²) >= 11 is 0. The van der Waals surface area contributed by atoms with Gasteiger partial charge in [0.2, 0.25) is 5.91 Å². The van der Waals surface area contributed by atoms with Gasteiger partial charge in [-0.2, -0.15) is 0 Å². The van der Waals surface area contributed by atoms with E-state index in [1.807, 2.05) is 30.5 Å².